The molecule has 0 bridgehead atoms. The van der Waals surface area contributed by atoms with Crippen molar-refractivity contribution in [3.05, 3.63) is 41.5 Å². The standard InChI is InChI=1S/C18H23NO5/c1-19-13(12-5-6-14(20)15(21)10-12)7-11-8-16(22-2)18(24-4)17(9-11)23-3/h5-6,8-10,13,19-21H,7H2,1-4H3/t13-/m0/s1. The summed E-state index contributed by atoms with van der Waals surface area (Å²) in [5.74, 6) is 1.46. The van der Waals surface area contributed by atoms with Gasteiger partial charge < -0.3 is 29.7 Å². The van der Waals surface area contributed by atoms with Gasteiger partial charge in [-0.05, 0) is 48.9 Å². The molecule has 0 aliphatic carbocycles. The molecule has 0 amide bonds. The first-order valence-electron chi connectivity index (χ1n) is 7.52. The van der Waals surface area contributed by atoms with Gasteiger partial charge in [0.05, 0.1) is 21.3 Å². The first-order valence-corrected chi connectivity index (χ1v) is 7.52. The highest BCUT2D eigenvalue weighted by Gasteiger charge is 2.17. The van der Waals surface area contributed by atoms with Crippen LogP contribution in [0.2, 0.25) is 0 Å². The van der Waals surface area contributed by atoms with Crippen molar-refractivity contribution in [1.29, 1.82) is 0 Å². The van der Waals surface area contributed by atoms with Gasteiger partial charge in [-0.25, -0.2) is 0 Å². The van der Waals surface area contributed by atoms with Crippen molar-refractivity contribution in [1.82, 2.24) is 5.32 Å². The summed E-state index contributed by atoms with van der Waals surface area (Å²) in [5, 5.41) is 22.4. The van der Waals surface area contributed by atoms with Crippen molar-refractivity contribution in [2.24, 2.45) is 0 Å². The van der Waals surface area contributed by atoms with Crippen LogP contribution in [0.5, 0.6) is 28.7 Å². The number of nitrogens with one attached hydrogen (secondary N) is 1. The molecule has 0 aromatic heterocycles. The summed E-state index contributed by atoms with van der Waals surface area (Å²) in [6.45, 7) is 0. The van der Waals surface area contributed by atoms with E-state index >= 15 is 0 Å². The number of aromatic hydroxyl groups is 2. The lowest BCUT2D eigenvalue weighted by atomic mass is 9.98. The van der Waals surface area contributed by atoms with Gasteiger partial charge >= 0.3 is 0 Å². The van der Waals surface area contributed by atoms with E-state index in [0.717, 1.165) is 11.1 Å². The van der Waals surface area contributed by atoms with Gasteiger partial charge in [-0.2, -0.15) is 0 Å². The van der Waals surface area contributed by atoms with E-state index in [1.807, 2.05) is 19.2 Å². The summed E-state index contributed by atoms with van der Waals surface area (Å²) in [6.07, 6.45) is 0.636. The highest BCUT2D eigenvalue weighted by atomic mass is 16.5. The van der Waals surface area contributed by atoms with Crippen LogP contribution in [0.25, 0.3) is 0 Å². The summed E-state index contributed by atoms with van der Waals surface area (Å²) >= 11 is 0. The van der Waals surface area contributed by atoms with Crippen LogP contribution in [-0.4, -0.2) is 38.6 Å². The molecule has 0 heterocycles. The fourth-order valence-electron chi connectivity index (χ4n) is 2.63. The molecule has 1 atom stereocenters. The molecular weight excluding hydrogens is 310 g/mol. The van der Waals surface area contributed by atoms with Gasteiger partial charge in [-0.15, -0.1) is 0 Å². The topological polar surface area (TPSA) is 80.2 Å². The zero-order chi connectivity index (χ0) is 17.7. The second-order valence-corrected chi connectivity index (χ2v) is 5.33. The minimum Gasteiger partial charge on any atom is -0.504 e. The Hall–Kier alpha value is -2.60. The molecule has 0 fully saturated rings. The van der Waals surface area contributed by atoms with Crippen molar-refractivity contribution in [2.75, 3.05) is 28.4 Å². The molecule has 6 nitrogen and oxygen atoms in total. The Morgan fingerprint density at radius 2 is 1.54 bits per heavy atom. The Morgan fingerprint density at radius 1 is 0.917 bits per heavy atom. The average Bonchev–Trinajstić information content (AvgIpc) is 2.61. The molecular formula is C18H23NO5. The first kappa shape index (κ1) is 17.7. The van der Waals surface area contributed by atoms with Gasteiger partial charge in [0.2, 0.25) is 5.75 Å². The number of methoxy groups -OCH3 is 3. The van der Waals surface area contributed by atoms with Gasteiger partial charge in [0.25, 0.3) is 0 Å². The van der Waals surface area contributed by atoms with Crippen molar-refractivity contribution in [2.45, 2.75) is 12.5 Å². The highest BCUT2D eigenvalue weighted by Crippen LogP contribution is 2.39. The van der Waals surface area contributed by atoms with Crippen LogP contribution < -0.4 is 19.5 Å². The van der Waals surface area contributed by atoms with Crippen molar-refractivity contribution >= 4 is 0 Å². The molecule has 2 aromatic carbocycles. The van der Waals surface area contributed by atoms with E-state index in [4.69, 9.17) is 14.2 Å². The molecule has 0 aliphatic heterocycles. The lowest BCUT2D eigenvalue weighted by Gasteiger charge is -2.19. The second kappa shape index (κ2) is 7.79. The van der Waals surface area contributed by atoms with E-state index in [2.05, 4.69) is 5.32 Å². The number of benzene rings is 2. The van der Waals surface area contributed by atoms with Crippen molar-refractivity contribution in [3.8, 4) is 28.7 Å². The van der Waals surface area contributed by atoms with Crippen LogP contribution >= 0.6 is 0 Å². The van der Waals surface area contributed by atoms with Crippen LogP contribution in [0.1, 0.15) is 17.2 Å². The Balaban J connectivity index is 2.35. The first-order chi connectivity index (χ1) is 11.5. The molecule has 6 heteroatoms. The number of phenolic OH excluding ortho intramolecular Hbond substituents is 2. The summed E-state index contributed by atoms with van der Waals surface area (Å²) in [6, 6.07) is 8.53. The summed E-state index contributed by atoms with van der Waals surface area (Å²) in [7, 11) is 6.56. The van der Waals surface area contributed by atoms with Crippen molar-refractivity contribution in [3.63, 3.8) is 0 Å². The van der Waals surface area contributed by atoms with Crippen LogP contribution in [0.15, 0.2) is 30.3 Å². The highest BCUT2D eigenvalue weighted by molar-refractivity contribution is 5.54. The summed E-state index contributed by atoms with van der Waals surface area (Å²) < 4.78 is 16.1. The molecule has 24 heavy (non-hydrogen) atoms. The third-order valence-electron chi connectivity index (χ3n) is 3.91. The van der Waals surface area contributed by atoms with E-state index in [-0.39, 0.29) is 17.5 Å². The smallest absolute Gasteiger partial charge is 0.203 e. The van der Waals surface area contributed by atoms with E-state index < -0.39 is 0 Å². The van der Waals surface area contributed by atoms with Gasteiger partial charge in [-0.3, -0.25) is 0 Å². The molecule has 2 rings (SSSR count). The van der Waals surface area contributed by atoms with Crippen LogP contribution in [0.4, 0.5) is 0 Å². The number of ether oxygens (including phenoxy) is 3. The lowest BCUT2D eigenvalue weighted by molar-refractivity contribution is 0.323. The predicted octanol–water partition coefficient (Wildman–Crippen LogP) is 2.63. The minimum absolute atomic E-state index is 0.0562. The Kier molecular flexibility index (Phi) is 5.76. The number of phenols is 2. The Bertz CT molecular complexity index is 677. The number of likely N-dealkylation sites (N-methyl/N-ethyl adjacent to an activating group) is 1. The SMILES string of the molecule is CN[C@@H](Cc1cc(OC)c(OC)c(OC)c1)c1ccc(O)c(O)c1. The van der Waals surface area contributed by atoms with Crippen LogP contribution in [-0.2, 0) is 6.42 Å². The number of rotatable bonds is 7. The third kappa shape index (κ3) is 3.65. The van der Waals surface area contributed by atoms with Gasteiger partial charge in [0, 0.05) is 6.04 Å². The fourth-order valence-corrected chi connectivity index (χ4v) is 2.63. The number of hydrogen-bond acceptors (Lipinski definition) is 6. The maximum absolute atomic E-state index is 9.71. The molecule has 130 valence electrons. The van der Waals surface area contributed by atoms with E-state index in [9.17, 15) is 10.2 Å². The quantitative estimate of drug-likeness (QED) is 0.676. The monoisotopic (exact) mass is 333 g/mol. The van der Waals surface area contributed by atoms with E-state index in [1.54, 1.807) is 33.5 Å². The molecule has 0 radical (unpaired) electrons. The summed E-state index contributed by atoms with van der Waals surface area (Å²) in [4.78, 5) is 0. The van der Waals surface area contributed by atoms with Gasteiger partial charge in [-0.1, -0.05) is 6.07 Å². The van der Waals surface area contributed by atoms with Gasteiger partial charge in [0.1, 0.15) is 0 Å². The van der Waals surface area contributed by atoms with E-state index in [0.29, 0.717) is 23.7 Å². The molecule has 0 unspecified atom stereocenters. The zero-order valence-corrected chi connectivity index (χ0v) is 14.3. The molecule has 0 saturated heterocycles. The maximum atomic E-state index is 9.71. The number of hydrogen-bond donors (Lipinski definition) is 3. The molecule has 3 N–H and O–H groups in total. The van der Waals surface area contributed by atoms with Crippen LogP contribution in [0.3, 0.4) is 0 Å². The molecule has 0 aliphatic rings. The van der Waals surface area contributed by atoms with Crippen LogP contribution in [0, 0.1) is 0 Å². The average molecular weight is 333 g/mol. The zero-order valence-electron chi connectivity index (χ0n) is 14.3. The Morgan fingerprint density at radius 3 is 2.00 bits per heavy atom. The maximum Gasteiger partial charge on any atom is 0.203 e. The second-order valence-electron chi connectivity index (χ2n) is 5.33. The third-order valence-corrected chi connectivity index (χ3v) is 3.91. The minimum atomic E-state index is -0.141. The molecule has 0 saturated carbocycles. The lowest BCUT2D eigenvalue weighted by Crippen LogP contribution is -2.18. The summed E-state index contributed by atoms with van der Waals surface area (Å²) in [5.41, 5.74) is 1.85. The van der Waals surface area contributed by atoms with Crippen molar-refractivity contribution < 1.29 is 24.4 Å². The molecule has 0 spiro atoms. The fraction of sp³-hybridized carbons (Fsp3) is 0.333. The molecule has 2 aromatic rings. The van der Waals surface area contributed by atoms with Gasteiger partial charge in [0.15, 0.2) is 23.0 Å². The Labute approximate surface area is 141 Å². The van der Waals surface area contributed by atoms with E-state index in [1.165, 1.54) is 6.07 Å². The normalized spacial score (nSPS) is 11.8. The largest absolute Gasteiger partial charge is 0.504 e. The predicted molar refractivity (Wildman–Crippen MR) is 91.4 cm³/mol.